The molecule has 8 rings (SSSR count). The molecule has 0 fully saturated rings. The van der Waals surface area contributed by atoms with E-state index in [2.05, 4.69) is 125 Å². The van der Waals surface area contributed by atoms with Gasteiger partial charge in [-0.3, -0.25) is 0 Å². The average molecular weight is 488 g/mol. The van der Waals surface area contributed by atoms with Crippen LogP contribution in [0.3, 0.4) is 0 Å². The summed E-state index contributed by atoms with van der Waals surface area (Å²) in [6.07, 6.45) is 5.54. The largest absolute Gasteiger partial charge is 0.260 e. The van der Waals surface area contributed by atoms with Gasteiger partial charge in [0.05, 0.1) is 28.5 Å². The second kappa shape index (κ2) is 7.84. The van der Waals surface area contributed by atoms with Gasteiger partial charge in [0.1, 0.15) is 0 Å². The maximum absolute atomic E-state index is 9.64. The molecule has 0 bridgehead atoms. The van der Waals surface area contributed by atoms with E-state index in [4.69, 9.17) is 0 Å². The topological polar surface area (TPSA) is 31.8 Å². The van der Waals surface area contributed by atoms with Crippen LogP contribution in [0.5, 0.6) is 0 Å². The maximum Gasteiger partial charge on any atom is 0.260 e. The summed E-state index contributed by atoms with van der Waals surface area (Å²) >= 11 is 0. The molecule has 0 saturated carbocycles. The minimum atomic E-state index is 0.181. The fourth-order valence-corrected chi connectivity index (χ4v) is 6.90. The Balaban J connectivity index is 1.46. The fraction of sp³-hybridized carbons (Fsp3) is 0.114. The Hall–Kier alpha value is -4.81. The number of rotatable bonds is 1. The van der Waals surface area contributed by atoms with Crippen molar-refractivity contribution in [1.29, 1.82) is 5.26 Å². The van der Waals surface area contributed by atoms with Crippen molar-refractivity contribution in [3.63, 3.8) is 0 Å². The molecule has 0 radical (unpaired) electrons. The van der Waals surface area contributed by atoms with Crippen molar-refractivity contribution in [2.24, 2.45) is 0 Å². The molecule has 3 aromatic heterocycles. The van der Waals surface area contributed by atoms with Crippen molar-refractivity contribution in [2.45, 2.75) is 25.3 Å². The van der Waals surface area contributed by atoms with Crippen LogP contribution in [0.15, 0.2) is 109 Å². The first-order valence-electron chi connectivity index (χ1n) is 13.2. The number of nitriles is 1. The van der Waals surface area contributed by atoms with E-state index in [1.54, 1.807) is 0 Å². The number of aromatic nitrogens is 2. The van der Waals surface area contributed by atoms with Gasteiger partial charge in [0.25, 0.3) is 5.69 Å². The summed E-state index contributed by atoms with van der Waals surface area (Å²) < 4.78 is 4.92. The normalized spacial score (nSPS) is 16.9. The number of fused-ring (bicyclic) bond motifs is 13. The zero-order valence-electron chi connectivity index (χ0n) is 21.1. The van der Waals surface area contributed by atoms with Gasteiger partial charge in [-0.25, -0.2) is 0 Å². The van der Waals surface area contributed by atoms with E-state index in [0.717, 1.165) is 6.42 Å². The average Bonchev–Trinajstić information content (AvgIpc) is 3.39. The molecule has 0 amide bonds. The van der Waals surface area contributed by atoms with E-state index in [-0.39, 0.29) is 6.04 Å². The number of nitrogens with zero attached hydrogens (tertiary/aromatic N) is 3. The molecule has 3 heteroatoms. The molecule has 1 aliphatic carbocycles. The lowest BCUT2D eigenvalue weighted by molar-refractivity contribution is -0.724. The van der Waals surface area contributed by atoms with Gasteiger partial charge >= 0.3 is 0 Å². The van der Waals surface area contributed by atoms with Crippen molar-refractivity contribution >= 4 is 16.3 Å². The Morgan fingerprint density at radius 3 is 2.47 bits per heavy atom. The van der Waals surface area contributed by atoms with Gasteiger partial charge < -0.3 is 0 Å². The van der Waals surface area contributed by atoms with Crippen LogP contribution < -0.4 is 8.97 Å². The van der Waals surface area contributed by atoms with E-state index >= 15 is 0 Å². The Labute approximate surface area is 221 Å². The Morgan fingerprint density at radius 2 is 1.63 bits per heavy atom. The van der Waals surface area contributed by atoms with Crippen molar-refractivity contribution in [2.75, 3.05) is 0 Å². The summed E-state index contributed by atoms with van der Waals surface area (Å²) in [5, 5.41) is 12.3. The minimum Gasteiger partial charge on any atom is -0.192 e. The van der Waals surface area contributed by atoms with Gasteiger partial charge in [-0.05, 0) is 59.7 Å². The molecule has 4 heterocycles. The number of hydrogen-bond donors (Lipinski definition) is 0. The standard InChI is InChI=1S/C35H25N3/c1-22-11-14-32-29-17-23(20-36)12-13-27(29)31-19-30-26-9-5-6-10-28(26)33-18-25(24-7-3-2-4-8-24)15-16-37(33)34(30)35(31)38(32)21-22/h2-18,21,31,35H,19H2,1H3/q+2. The summed E-state index contributed by atoms with van der Waals surface area (Å²) in [7, 11) is 0. The molecule has 0 saturated heterocycles. The molecular formula is C35H25N3+2. The second-order valence-corrected chi connectivity index (χ2v) is 10.6. The summed E-state index contributed by atoms with van der Waals surface area (Å²) in [6, 6.07) is 37.3. The van der Waals surface area contributed by atoms with Crippen molar-refractivity contribution < 1.29 is 8.97 Å². The van der Waals surface area contributed by atoms with E-state index in [1.165, 1.54) is 61.1 Å². The number of aryl methyl sites for hydroxylation is 1. The van der Waals surface area contributed by atoms with E-state index in [9.17, 15) is 5.26 Å². The summed E-state index contributed by atoms with van der Waals surface area (Å²) in [5.41, 5.74) is 12.1. The fourth-order valence-electron chi connectivity index (χ4n) is 6.90. The zero-order valence-corrected chi connectivity index (χ0v) is 21.1. The minimum absolute atomic E-state index is 0.181. The smallest absolute Gasteiger partial charge is 0.192 e. The highest BCUT2D eigenvalue weighted by Gasteiger charge is 2.52. The van der Waals surface area contributed by atoms with E-state index in [1.807, 2.05) is 6.07 Å². The number of benzene rings is 3. The second-order valence-electron chi connectivity index (χ2n) is 10.6. The third-order valence-corrected chi connectivity index (χ3v) is 8.53. The predicted molar refractivity (Wildman–Crippen MR) is 149 cm³/mol. The van der Waals surface area contributed by atoms with E-state index < -0.39 is 0 Å². The van der Waals surface area contributed by atoms with Crippen LogP contribution in [0.25, 0.3) is 38.7 Å². The first kappa shape index (κ1) is 21.3. The van der Waals surface area contributed by atoms with Crippen molar-refractivity contribution in [3.05, 3.63) is 137 Å². The van der Waals surface area contributed by atoms with Gasteiger partial charge in [-0.1, -0.05) is 54.6 Å². The molecule has 3 nitrogen and oxygen atoms in total. The highest BCUT2D eigenvalue weighted by molar-refractivity contribution is 5.97. The lowest BCUT2D eigenvalue weighted by Crippen LogP contribution is -2.50. The highest BCUT2D eigenvalue weighted by Crippen LogP contribution is 2.49. The van der Waals surface area contributed by atoms with Crippen LogP contribution in [0.1, 0.15) is 39.9 Å². The monoisotopic (exact) mass is 487 g/mol. The summed E-state index contributed by atoms with van der Waals surface area (Å²) in [6.45, 7) is 2.16. The quantitative estimate of drug-likeness (QED) is 0.189. The van der Waals surface area contributed by atoms with Crippen molar-refractivity contribution in [1.82, 2.24) is 0 Å². The third-order valence-electron chi connectivity index (χ3n) is 8.53. The molecule has 178 valence electrons. The zero-order chi connectivity index (χ0) is 25.4. The Bertz CT molecular complexity index is 1980. The molecule has 3 aromatic carbocycles. The molecule has 2 aliphatic rings. The van der Waals surface area contributed by atoms with Crippen LogP contribution in [-0.4, -0.2) is 0 Å². The van der Waals surface area contributed by atoms with Gasteiger partial charge in [-0.15, -0.1) is 0 Å². The SMILES string of the molecule is Cc1ccc2[n+](c1)C1c3c(c4ccccc4c4cc(-c5ccccc5)cc[n+]34)CC1c1ccc(C#N)cc1-2. The van der Waals surface area contributed by atoms with Crippen molar-refractivity contribution in [3.8, 4) is 28.5 Å². The summed E-state index contributed by atoms with van der Waals surface area (Å²) in [5.74, 6) is 0.308. The predicted octanol–water partition coefficient (Wildman–Crippen LogP) is 6.62. The molecule has 1 aliphatic heterocycles. The Kier molecular flexibility index (Phi) is 4.39. The number of hydrogen-bond acceptors (Lipinski definition) is 1. The molecule has 2 atom stereocenters. The van der Waals surface area contributed by atoms with Crippen LogP contribution in [0, 0.1) is 18.3 Å². The molecule has 6 aromatic rings. The third kappa shape index (κ3) is 2.89. The molecule has 0 spiro atoms. The van der Waals surface area contributed by atoms with Gasteiger partial charge in [0.2, 0.25) is 17.3 Å². The van der Waals surface area contributed by atoms with Gasteiger partial charge in [0.15, 0.2) is 12.4 Å². The lowest BCUT2D eigenvalue weighted by atomic mass is 9.83. The lowest BCUT2D eigenvalue weighted by Gasteiger charge is -2.25. The van der Waals surface area contributed by atoms with Crippen LogP contribution in [0.4, 0.5) is 0 Å². The maximum atomic E-state index is 9.64. The summed E-state index contributed by atoms with van der Waals surface area (Å²) in [4.78, 5) is 0. The molecule has 2 unspecified atom stereocenters. The van der Waals surface area contributed by atoms with Crippen LogP contribution in [-0.2, 0) is 6.42 Å². The molecule has 38 heavy (non-hydrogen) atoms. The molecular weight excluding hydrogens is 462 g/mol. The van der Waals surface area contributed by atoms with Crippen LogP contribution >= 0.6 is 0 Å². The first-order valence-corrected chi connectivity index (χ1v) is 13.2. The highest BCUT2D eigenvalue weighted by atomic mass is 15.1. The Morgan fingerprint density at radius 1 is 0.816 bits per heavy atom. The van der Waals surface area contributed by atoms with Crippen LogP contribution in [0.2, 0.25) is 0 Å². The van der Waals surface area contributed by atoms with Gasteiger partial charge in [-0.2, -0.15) is 14.2 Å². The molecule has 0 N–H and O–H groups in total. The number of pyridine rings is 3. The first-order chi connectivity index (χ1) is 18.7. The van der Waals surface area contributed by atoms with Gasteiger partial charge in [0, 0.05) is 29.3 Å². The van der Waals surface area contributed by atoms with E-state index in [0.29, 0.717) is 11.5 Å².